The maximum Gasteiger partial charge on any atom is 0.236 e. The van der Waals surface area contributed by atoms with Crippen molar-refractivity contribution < 1.29 is 14.3 Å². The molecule has 9 heteroatoms. The zero-order valence-corrected chi connectivity index (χ0v) is 16.9. The van der Waals surface area contributed by atoms with E-state index in [2.05, 4.69) is 20.9 Å². The Morgan fingerprint density at radius 1 is 1.39 bits per heavy atom. The Labute approximate surface area is 168 Å². The van der Waals surface area contributed by atoms with E-state index in [4.69, 9.17) is 9.47 Å². The molecule has 2 aromatic rings. The van der Waals surface area contributed by atoms with Crippen LogP contribution in [0.2, 0.25) is 0 Å². The van der Waals surface area contributed by atoms with Gasteiger partial charge in [0, 0.05) is 13.2 Å². The van der Waals surface area contributed by atoms with Crippen molar-refractivity contribution in [3.63, 3.8) is 0 Å². The molecule has 1 amide bonds. The van der Waals surface area contributed by atoms with Gasteiger partial charge in [0.2, 0.25) is 11.1 Å². The average Bonchev–Trinajstić information content (AvgIpc) is 3.36. The van der Waals surface area contributed by atoms with Gasteiger partial charge < -0.3 is 20.2 Å². The summed E-state index contributed by atoms with van der Waals surface area (Å²) in [6.07, 6.45) is 2.16. The molecule has 1 fully saturated rings. The van der Waals surface area contributed by atoms with Crippen LogP contribution in [0.1, 0.15) is 37.2 Å². The summed E-state index contributed by atoms with van der Waals surface area (Å²) in [6.45, 7) is 5.78. The average molecular weight is 404 g/mol. The van der Waals surface area contributed by atoms with Crippen molar-refractivity contribution in [2.45, 2.75) is 49.2 Å². The molecule has 3 heterocycles. The van der Waals surface area contributed by atoms with Crippen LogP contribution in [0.3, 0.4) is 0 Å². The number of aryl methyl sites for hydroxylation is 1. The Kier molecular flexibility index (Phi) is 5.72. The Bertz CT molecular complexity index is 819. The lowest BCUT2D eigenvalue weighted by Gasteiger charge is -2.33. The fraction of sp³-hybridized carbons (Fsp3) is 0.526. The summed E-state index contributed by atoms with van der Waals surface area (Å²) in [7, 11) is 0. The maximum atomic E-state index is 13.0. The van der Waals surface area contributed by atoms with Crippen molar-refractivity contribution in [1.82, 2.24) is 20.2 Å². The van der Waals surface area contributed by atoms with Crippen molar-refractivity contribution in [2.24, 2.45) is 0 Å². The largest absolute Gasteiger partial charge is 0.494 e. The molecule has 2 aliphatic rings. The first kappa shape index (κ1) is 19.1. The normalized spacial score (nSPS) is 23.7. The second kappa shape index (κ2) is 8.40. The van der Waals surface area contributed by atoms with Crippen LogP contribution in [-0.4, -0.2) is 51.9 Å². The van der Waals surface area contributed by atoms with Gasteiger partial charge in [0.25, 0.3) is 0 Å². The number of nitrogens with zero attached hydrogens (tertiary/aromatic N) is 3. The fourth-order valence-electron chi connectivity index (χ4n) is 3.47. The Balaban J connectivity index is 1.54. The summed E-state index contributed by atoms with van der Waals surface area (Å²) in [4.78, 5) is 13.0. The third kappa shape index (κ3) is 3.95. The molecule has 0 bridgehead atoms. The van der Waals surface area contributed by atoms with Crippen LogP contribution in [0, 0.1) is 6.92 Å². The van der Waals surface area contributed by atoms with Gasteiger partial charge in [-0.2, -0.15) is 0 Å². The molecule has 150 valence electrons. The summed E-state index contributed by atoms with van der Waals surface area (Å²) in [5.41, 5.74) is 4.42. The zero-order valence-electron chi connectivity index (χ0n) is 16.1. The number of hydrogen-bond acceptors (Lipinski definition) is 7. The maximum absolute atomic E-state index is 13.0. The van der Waals surface area contributed by atoms with Gasteiger partial charge in [0.05, 0.1) is 18.8 Å². The van der Waals surface area contributed by atoms with E-state index in [1.54, 1.807) is 0 Å². The Hall–Kier alpha value is -2.26. The molecule has 0 spiro atoms. The van der Waals surface area contributed by atoms with E-state index in [1.165, 1.54) is 11.8 Å². The number of benzene rings is 1. The van der Waals surface area contributed by atoms with Gasteiger partial charge in [0.1, 0.15) is 16.8 Å². The molecule has 1 saturated heterocycles. The molecule has 0 aliphatic carbocycles. The van der Waals surface area contributed by atoms with Crippen LogP contribution >= 0.6 is 11.8 Å². The van der Waals surface area contributed by atoms with Gasteiger partial charge >= 0.3 is 0 Å². The molecule has 0 unspecified atom stereocenters. The highest BCUT2D eigenvalue weighted by atomic mass is 32.2. The third-order valence-corrected chi connectivity index (χ3v) is 6.15. The molecule has 3 atom stereocenters. The van der Waals surface area contributed by atoms with E-state index in [9.17, 15) is 4.79 Å². The van der Waals surface area contributed by atoms with Gasteiger partial charge in [0.15, 0.2) is 0 Å². The third-order valence-electron chi connectivity index (χ3n) is 4.94. The highest BCUT2D eigenvalue weighted by Gasteiger charge is 2.37. The lowest BCUT2D eigenvalue weighted by Crippen LogP contribution is -2.45. The highest BCUT2D eigenvalue weighted by molar-refractivity contribution is 8.00. The highest BCUT2D eigenvalue weighted by Crippen LogP contribution is 2.37. The lowest BCUT2D eigenvalue weighted by molar-refractivity contribution is -0.121. The number of carbonyl (C=O) groups excluding carboxylic acids is 1. The minimum Gasteiger partial charge on any atom is -0.494 e. The van der Waals surface area contributed by atoms with Crippen molar-refractivity contribution in [3.05, 3.63) is 35.7 Å². The molecule has 0 saturated carbocycles. The van der Waals surface area contributed by atoms with Gasteiger partial charge in [-0.3, -0.25) is 4.79 Å². The zero-order chi connectivity index (χ0) is 19.5. The number of amides is 1. The summed E-state index contributed by atoms with van der Waals surface area (Å²) >= 11 is 1.43. The summed E-state index contributed by atoms with van der Waals surface area (Å²) < 4.78 is 13.0. The lowest BCUT2D eigenvalue weighted by atomic mass is 10.0. The van der Waals surface area contributed by atoms with Crippen molar-refractivity contribution >= 4 is 17.7 Å². The summed E-state index contributed by atoms with van der Waals surface area (Å²) in [5.74, 6) is 1.55. The number of carbonyl (C=O) groups is 1. The molecule has 0 radical (unpaired) electrons. The first-order valence-electron chi connectivity index (χ1n) is 9.63. The van der Waals surface area contributed by atoms with Gasteiger partial charge in [-0.15, -0.1) is 10.2 Å². The standard InChI is InChI=1S/C19H25N5O3S/c1-3-26-14-8-6-13(7-9-14)16-17(18(25)20-11-15-5-4-10-27-15)28-19-22-21-12(2)24(19)23-16/h6-9,15-17,23H,3-5,10-11H2,1-2H3,(H,20,25)/t15-,16-,17+/m0/s1. The number of hydrogen-bond donors (Lipinski definition) is 2. The van der Waals surface area contributed by atoms with Crippen LogP contribution in [-0.2, 0) is 9.53 Å². The number of aromatic nitrogens is 3. The number of rotatable bonds is 6. The predicted molar refractivity (Wildman–Crippen MR) is 106 cm³/mol. The first-order valence-corrected chi connectivity index (χ1v) is 10.5. The topological polar surface area (TPSA) is 90.3 Å². The predicted octanol–water partition coefficient (Wildman–Crippen LogP) is 2.04. The second-order valence-corrected chi connectivity index (χ2v) is 8.00. The fourth-order valence-corrected chi connectivity index (χ4v) is 4.62. The number of nitrogens with one attached hydrogen (secondary N) is 2. The Morgan fingerprint density at radius 2 is 2.21 bits per heavy atom. The van der Waals surface area contributed by atoms with E-state index >= 15 is 0 Å². The van der Waals surface area contributed by atoms with Gasteiger partial charge in [-0.05, 0) is 44.4 Å². The van der Waals surface area contributed by atoms with E-state index < -0.39 is 0 Å². The molecular formula is C19H25N5O3S. The molecular weight excluding hydrogens is 378 g/mol. The van der Waals surface area contributed by atoms with Crippen LogP contribution in [0.15, 0.2) is 29.4 Å². The van der Waals surface area contributed by atoms with E-state index in [0.29, 0.717) is 18.3 Å². The van der Waals surface area contributed by atoms with E-state index in [0.717, 1.165) is 36.6 Å². The SMILES string of the molecule is CCOc1ccc([C@@H]2Nn3c(C)nnc3S[C@H]2C(=O)NC[C@@H]2CCCO2)cc1. The minimum atomic E-state index is -0.365. The minimum absolute atomic E-state index is 0.0289. The molecule has 1 aromatic carbocycles. The second-order valence-electron chi connectivity index (χ2n) is 6.89. The monoisotopic (exact) mass is 403 g/mol. The molecule has 2 aliphatic heterocycles. The quantitative estimate of drug-likeness (QED) is 0.763. The van der Waals surface area contributed by atoms with Crippen molar-refractivity contribution in [1.29, 1.82) is 0 Å². The summed E-state index contributed by atoms with van der Waals surface area (Å²) in [5, 5.41) is 11.7. The summed E-state index contributed by atoms with van der Waals surface area (Å²) in [6, 6.07) is 7.64. The molecule has 28 heavy (non-hydrogen) atoms. The Morgan fingerprint density at radius 3 is 2.93 bits per heavy atom. The molecule has 4 rings (SSSR count). The van der Waals surface area contributed by atoms with Gasteiger partial charge in [-0.1, -0.05) is 23.9 Å². The van der Waals surface area contributed by atoms with E-state index in [1.807, 2.05) is 42.8 Å². The van der Waals surface area contributed by atoms with E-state index in [-0.39, 0.29) is 23.3 Å². The van der Waals surface area contributed by atoms with Crippen LogP contribution in [0.25, 0.3) is 0 Å². The van der Waals surface area contributed by atoms with Crippen LogP contribution in [0.5, 0.6) is 5.75 Å². The molecule has 8 nitrogen and oxygen atoms in total. The van der Waals surface area contributed by atoms with Crippen molar-refractivity contribution in [3.8, 4) is 5.75 Å². The van der Waals surface area contributed by atoms with Gasteiger partial charge in [-0.25, -0.2) is 4.68 Å². The van der Waals surface area contributed by atoms with Crippen LogP contribution < -0.4 is 15.5 Å². The number of fused-ring (bicyclic) bond motifs is 1. The number of ether oxygens (including phenoxy) is 2. The van der Waals surface area contributed by atoms with Crippen LogP contribution in [0.4, 0.5) is 0 Å². The first-order chi connectivity index (χ1) is 13.7. The van der Waals surface area contributed by atoms with Crippen molar-refractivity contribution in [2.75, 3.05) is 25.2 Å². The number of thioether (sulfide) groups is 1. The smallest absolute Gasteiger partial charge is 0.236 e. The molecule has 2 N–H and O–H groups in total. The molecule has 1 aromatic heterocycles.